The number of rotatable bonds is 6. The number of anilines is 1. The first kappa shape index (κ1) is 19.0. The van der Waals surface area contributed by atoms with Gasteiger partial charge >= 0.3 is 0 Å². The molecular weight excluding hydrogens is 362 g/mol. The Morgan fingerprint density at radius 3 is 2.31 bits per heavy atom. The first-order valence-corrected chi connectivity index (χ1v) is 9.63. The average molecular weight is 387 g/mol. The van der Waals surface area contributed by atoms with Crippen molar-refractivity contribution < 1.29 is 9.84 Å². The summed E-state index contributed by atoms with van der Waals surface area (Å²) in [7, 11) is 3.61. The fourth-order valence-electron chi connectivity index (χ4n) is 3.55. The quantitative estimate of drug-likeness (QED) is 0.500. The zero-order valence-corrected chi connectivity index (χ0v) is 16.8. The van der Waals surface area contributed by atoms with Crippen LogP contribution in [0.15, 0.2) is 72.8 Å². The molecule has 0 aliphatic rings. The van der Waals surface area contributed by atoms with Crippen LogP contribution in [0.25, 0.3) is 11.0 Å². The maximum Gasteiger partial charge on any atom is 0.135 e. The van der Waals surface area contributed by atoms with Gasteiger partial charge in [0.2, 0.25) is 0 Å². The predicted molar refractivity (Wildman–Crippen MR) is 116 cm³/mol. The topological polar surface area (TPSA) is 59.3 Å². The molecule has 1 heterocycles. The fourth-order valence-corrected chi connectivity index (χ4v) is 3.55. The van der Waals surface area contributed by atoms with Crippen molar-refractivity contribution in [3.63, 3.8) is 0 Å². The zero-order chi connectivity index (χ0) is 20.4. The van der Waals surface area contributed by atoms with Crippen molar-refractivity contribution in [2.24, 2.45) is 7.05 Å². The van der Waals surface area contributed by atoms with Crippen LogP contribution in [-0.2, 0) is 7.05 Å². The summed E-state index contributed by atoms with van der Waals surface area (Å²) in [5.41, 5.74) is 4.84. The molecule has 0 saturated heterocycles. The van der Waals surface area contributed by atoms with Gasteiger partial charge in [0.25, 0.3) is 0 Å². The third kappa shape index (κ3) is 3.82. The van der Waals surface area contributed by atoms with Crippen molar-refractivity contribution in [3.8, 4) is 5.75 Å². The lowest BCUT2D eigenvalue weighted by Gasteiger charge is -2.25. The molecule has 29 heavy (non-hydrogen) atoms. The monoisotopic (exact) mass is 387 g/mol. The van der Waals surface area contributed by atoms with Crippen LogP contribution in [0.3, 0.4) is 0 Å². The van der Waals surface area contributed by atoms with E-state index < -0.39 is 12.1 Å². The fraction of sp³-hybridized carbons (Fsp3) is 0.208. The van der Waals surface area contributed by atoms with E-state index in [2.05, 4.69) is 12.2 Å². The second-order valence-corrected chi connectivity index (χ2v) is 7.22. The highest BCUT2D eigenvalue weighted by molar-refractivity contribution is 5.76. The number of hydrogen-bond donors (Lipinski definition) is 2. The summed E-state index contributed by atoms with van der Waals surface area (Å²) in [5, 5.41) is 14.8. The highest BCUT2D eigenvalue weighted by Crippen LogP contribution is 2.34. The molecule has 3 aromatic carbocycles. The van der Waals surface area contributed by atoms with Gasteiger partial charge < -0.3 is 19.7 Å². The molecule has 0 amide bonds. The molecule has 5 nitrogen and oxygen atoms in total. The van der Waals surface area contributed by atoms with Gasteiger partial charge in [0.15, 0.2) is 0 Å². The van der Waals surface area contributed by atoms with Crippen LogP contribution < -0.4 is 10.1 Å². The molecule has 2 unspecified atom stereocenters. The van der Waals surface area contributed by atoms with Crippen LogP contribution in [0, 0.1) is 6.92 Å². The molecule has 1 aromatic heterocycles. The summed E-state index contributed by atoms with van der Waals surface area (Å²) in [6.45, 7) is 2.05. The van der Waals surface area contributed by atoms with Crippen LogP contribution in [0.4, 0.5) is 5.69 Å². The zero-order valence-electron chi connectivity index (χ0n) is 16.8. The van der Waals surface area contributed by atoms with Crippen LogP contribution in [0.2, 0.25) is 0 Å². The maximum atomic E-state index is 11.3. The third-order valence-electron chi connectivity index (χ3n) is 5.25. The number of aliphatic hydroxyl groups is 1. The van der Waals surface area contributed by atoms with Crippen molar-refractivity contribution >= 4 is 16.7 Å². The molecule has 4 rings (SSSR count). The standard InChI is InChI=1S/C24H25N3O2/c1-16-8-12-18(13-9-16)25-22(23(28)17-10-14-19(29-3)15-11-17)24-26-20-6-4-5-7-21(20)27(24)2/h4-15,22-23,25,28H,1-3H3. The highest BCUT2D eigenvalue weighted by Gasteiger charge is 2.27. The normalized spacial score (nSPS) is 13.2. The summed E-state index contributed by atoms with van der Waals surface area (Å²) in [4.78, 5) is 4.82. The molecule has 2 atom stereocenters. The number of aromatic nitrogens is 2. The van der Waals surface area contributed by atoms with E-state index >= 15 is 0 Å². The minimum atomic E-state index is -0.794. The Morgan fingerprint density at radius 1 is 0.966 bits per heavy atom. The number of aryl methyl sites for hydroxylation is 2. The number of fused-ring (bicyclic) bond motifs is 1. The first-order chi connectivity index (χ1) is 14.1. The van der Waals surface area contributed by atoms with Crippen LogP contribution in [-0.4, -0.2) is 21.8 Å². The number of aliphatic hydroxyl groups excluding tert-OH is 1. The van der Waals surface area contributed by atoms with E-state index in [9.17, 15) is 5.11 Å². The second-order valence-electron chi connectivity index (χ2n) is 7.22. The minimum absolute atomic E-state index is 0.427. The largest absolute Gasteiger partial charge is 0.497 e. The molecule has 0 saturated carbocycles. The van der Waals surface area contributed by atoms with Gasteiger partial charge in [-0.1, -0.05) is 42.0 Å². The van der Waals surface area contributed by atoms with E-state index in [-0.39, 0.29) is 0 Å². The molecule has 2 N–H and O–H groups in total. The van der Waals surface area contributed by atoms with Crippen LogP contribution in [0.5, 0.6) is 5.75 Å². The average Bonchev–Trinajstić information content (AvgIpc) is 3.09. The molecule has 5 heteroatoms. The Labute approximate surface area is 170 Å². The van der Waals surface area contributed by atoms with Crippen molar-refractivity contribution in [2.45, 2.75) is 19.1 Å². The van der Waals surface area contributed by atoms with E-state index in [1.165, 1.54) is 5.56 Å². The number of para-hydroxylation sites is 2. The highest BCUT2D eigenvalue weighted by atomic mass is 16.5. The first-order valence-electron chi connectivity index (χ1n) is 9.63. The van der Waals surface area contributed by atoms with Gasteiger partial charge in [0.05, 0.1) is 18.1 Å². The molecule has 0 aliphatic carbocycles. The number of benzene rings is 3. The number of nitrogens with one attached hydrogen (secondary N) is 1. The number of ether oxygens (including phenoxy) is 1. The Morgan fingerprint density at radius 2 is 1.66 bits per heavy atom. The van der Waals surface area contributed by atoms with E-state index in [0.29, 0.717) is 0 Å². The molecular formula is C24H25N3O2. The lowest BCUT2D eigenvalue weighted by Crippen LogP contribution is -2.22. The van der Waals surface area contributed by atoms with Gasteiger partial charge in [-0.2, -0.15) is 0 Å². The Bertz CT molecular complexity index is 1100. The molecule has 0 bridgehead atoms. The Kier molecular flexibility index (Phi) is 5.23. The second kappa shape index (κ2) is 7.97. The predicted octanol–water partition coefficient (Wildman–Crippen LogP) is 4.78. The van der Waals surface area contributed by atoms with Crippen molar-refractivity contribution in [1.82, 2.24) is 9.55 Å². The van der Waals surface area contributed by atoms with Crippen LogP contribution in [0.1, 0.15) is 29.1 Å². The molecule has 4 aromatic rings. The smallest absolute Gasteiger partial charge is 0.135 e. The summed E-state index contributed by atoms with van der Waals surface area (Å²) >= 11 is 0. The van der Waals surface area contributed by atoms with Gasteiger partial charge in [-0.25, -0.2) is 4.98 Å². The van der Waals surface area contributed by atoms with Crippen molar-refractivity contribution in [2.75, 3.05) is 12.4 Å². The summed E-state index contributed by atoms with van der Waals surface area (Å²) in [6, 6.07) is 23.2. The Hall–Kier alpha value is -3.31. The lowest BCUT2D eigenvalue weighted by molar-refractivity contribution is 0.150. The van der Waals surface area contributed by atoms with Gasteiger partial charge in [-0.15, -0.1) is 0 Å². The van der Waals surface area contributed by atoms with Crippen molar-refractivity contribution in [3.05, 3.63) is 89.7 Å². The summed E-state index contributed by atoms with van der Waals surface area (Å²) in [5.74, 6) is 1.53. The summed E-state index contributed by atoms with van der Waals surface area (Å²) < 4.78 is 7.28. The number of methoxy groups -OCH3 is 1. The minimum Gasteiger partial charge on any atom is -0.497 e. The molecule has 148 valence electrons. The molecule has 0 spiro atoms. The van der Waals surface area contributed by atoms with E-state index in [1.807, 2.05) is 84.4 Å². The molecule has 0 radical (unpaired) electrons. The van der Waals surface area contributed by atoms with Gasteiger partial charge in [0.1, 0.15) is 23.7 Å². The number of imidazole rings is 1. The van der Waals surface area contributed by atoms with Crippen molar-refractivity contribution in [1.29, 1.82) is 0 Å². The molecule has 0 aliphatic heterocycles. The van der Waals surface area contributed by atoms with Crippen LogP contribution >= 0.6 is 0 Å². The van der Waals surface area contributed by atoms with E-state index in [0.717, 1.165) is 33.9 Å². The van der Waals surface area contributed by atoms with Gasteiger partial charge in [-0.3, -0.25) is 0 Å². The Balaban J connectivity index is 1.76. The molecule has 0 fully saturated rings. The van der Waals surface area contributed by atoms with Gasteiger partial charge in [-0.05, 0) is 48.9 Å². The summed E-state index contributed by atoms with van der Waals surface area (Å²) in [6.07, 6.45) is -0.794. The van der Waals surface area contributed by atoms with E-state index in [4.69, 9.17) is 9.72 Å². The lowest BCUT2D eigenvalue weighted by atomic mass is 10.0. The number of hydrogen-bond acceptors (Lipinski definition) is 4. The van der Waals surface area contributed by atoms with E-state index in [1.54, 1.807) is 7.11 Å². The third-order valence-corrected chi connectivity index (χ3v) is 5.25. The number of nitrogens with zero attached hydrogens (tertiary/aromatic N) is 2. The SMILES string of the molecule is COc1ccc(C(O)C(Nc2ccc(C)cc2)c2nc3ccccc3n2C)cc1. The van der Waals surface area contributed by atoms with Gasteiger partial charge in [0, 0.05) is 12.7 Å². The maximum absolute atomic E-state index is 11.3.